The fourth-order valence-corrected chi connectivity index (χ4v) is 6.56. The third-order valence-corrected chi connectivity index (χ3v) is 8.73. The second kappa shape index (κ2) is 8.83. The van der Waals surface area contributed by atoms with E-state index in [9.17, 15) is 12.8 Å². The Labute approximate surface area is 192 Å². The van der Waals surface area contributed by atoms with Crippen molar-refractivity contribution in [2.75, 3.05) is 26.3 Å². The number of thiophene rings is 1. The van der Waals surface area contributed by atoms with Gasteiger partial charge in [0.25, 0.3) is 0 Å². The number of halogens is 1. The molecule has 0 aliphatic carbocycles. The molecule has 1 aromatic carbocycles. The van der Waals surface area contributed by atoms with E-state index < -0.39 is 10.0 Å². The Hall–Kier alpha value is -2.44. The molecular weight excluding hydrogens is 471 g/mol. The lowest BCUT2D eigenvalue weighted by molar-refractivity contribution is 0.0730. The topological polar surface area (TPSA) is 85.3 Å². The van der Waals surface area contributed by atoms with Crippen molar-refractivity contribution in [3.05, 3.63) is 60.1 Å². The number of hydrogen-bond donors (Lipinski definition) is 0. The molecule has 11 heteroatoms. The first kappa shape index (κ1) is 21.4. The second-order valence-corrected chi connectivity index (χ2v) is 10.8. The lowest BCUT2D eigenvalue weighted by Gasteiger charge is -2.25. The van der Waals surface area contributed by atoms with E-state index in [1.165, 1.54) is 52.1 Å². The molecule has 0 saturated carbocycles. The molecule has 4 heterocycles. The van der Waals surface area contributed by atoms with Gasteiger partial charge in [-0.05, 0) is 41.6 Å². The molecule has 1 fully saturated rings. The minimum absolute atomic E-state index is 0.152. The zero-order valence-electron chi connectivity index (χ0n) is 16.6. The largest absolute Gasteiger partial charge is 0.379 e. The number of pyridine rings is 1. The Morgan fingerprint density at radius 3 is 2.53 bits per heavy atom. The molecular formula is C21H17FN4O3S3. The van der Waals surface area contributed by atoms with E-state index in [1.807, 2.05) is 5.38 Å². The molecule has 1 aliphatic heterocycles. The van der Waals surface area contributed by atoms with Crippen molar-refractivity contribution in [2.24, 2.45) is 0 Å². The Bertz CT molecular complexity index is 1350. The zero-order chi connectivity index (χ0) is 22.1. The predicted molar refractivity (Wildman–Crippen MR) is 121 cm³/mol. The molecule has 164 valence electrons. The van der Waals surface area contributed by atoms with Crippen molar-refractivity contribution >= 4 is 43.3 Å². The highest BCUT2D eigenvalue weighted by Gasteiger charge is 2.26. The highest BCUT2D eigenvalue weighted by atomic mass is 32.2. The van der Waals surface area contributed by atoms with Crippen LogP contribution in [-0.4, -0.2) is 54.0 Å². The number of fused-ring (bicyclic) bond motifs is 1. The number of rotatable bonds is 5. The molecule has 0 spiro atoms. The average Bonchev–Trinajstić information content (AvgIpc) is 3.26. The van der Waals surface area contributed by atoms with Crippen molar-refractivity contribution in [1.82, 2.24) is 19.3 Å². The summed E-state index contributed by atoms with van der Waals surface area (Å²) in [5.41, 5.74) is 1.79. The molecule has 1 aliphatic rings. The highest BCUT2D eigenvalue weighted by molar-refractivity contribution is 7.99. The fourth-order valence-electron chi connectivity index (χ4n) is 3.38. The Morgan fingerprint density at radius 1 is 1.03 bits per heavy atom. The van der Waals surface area contributed by atoms with Gasteiger partial charge in [0, 0.05) is 30.2 Å². The third-order valence-electron chi connectivity index (χ3n) is 5.01. The molecule has 4 aromatic rings. The monoisotopic (exact) mass is 488 g/mol. The number of hydrogen-bond acceptors (Lipinski definition) is 8. The number of morpholine rings is 1. The van der Waals surface area contributed by atoms with Crippen LogP contribution in [0.2, 0.25) is 0 Å². The number of benzene rings is 1. The van der Waals surface area contributed by atoms with Crippen LogP contribution in [0.4, 0.5) is 4.39 Å². The third kappa shape index (κ3) is 4.14. The van der Waals surface area contributed by atoms with E-state index >= 15 is 0 Å². The molecule has 0 amide bonds. The highest BCUT2D eigenvalue weighted by Crippen LogP contribution is 2.39. The summed E-state index contributed by atoms with van der Waals surface area (Å²) in [6.07, 6.45) is 2.87. The van der Waals surface area contributed by atoms with Crippen molar-refractivity contribution < 1.29 is 17.5 Å². The molecule has 32 heavy (non-hydrogen) atoms. The van der Waals surface area contributed by atoms with Gasteiger partial charge in [-0.3, -0.25) is 0 Å². The minimum atomic E-state index is -3.60. The smallest absolute Gasteiger partial charge is 0.244 e. The Balaban J connectivity index is 1.45. The van der Waals surface area contributed by atoms with Crippen LogP contribution in [0.3, 0.4) is 0 Å². The summed E-state index contributed by atoms with van der Waals surface area (Å²) in [7, 11) is -3.60. The molecule has 3 aromatic heterocycles. The first-order valence-corrected chi connectivity index (χ1v) is 12.9. The minimum Gasteiger partial charge on any atom is -0.379 e. The van der Waals surface area contributed by atoms with Crippen LogP contribution < -0.4 is 0 Å². The Morgan fingerprint density at radius 2 is 1.81 bits per heavy atom. The van der Waals surface area contributed by atoms with Crippen LogP contribution in [0, 0.1) is 5.82 Å². The SMILES string of the molecule is O=S(=O)(c1ccc(Sc2ncnc3scc(-c4ccc(F)cc4)c23)nc1)N1CCOCC1. The van der Waals surface area contributed by atoms with Gasteiger partial charge in [0.2, 0.25) is 10.0 Å². The Kier molecular flexibility index (Phi) is 5.91. The van der Waals surface area contributed by atoms with E-state index in [-0.39, 0.29) is 10.7 Å². The summed E-state index contributed by atoms with van der Waals surface area (Å²) in [5.74, 6) is -0.296. The van der Waals surface area contributed by atoms with E-state index in [0.717, 1.165) is 21.3 Å². The van der Waals surface area contributed by atoms with Crippen LogP contribution in [0.1, 0.15) is 0 Å². The van der Waals surface area contributed by atoms with E-state index in [4.69, 9.17) is 4.74 Å². The molecule has 0 unspecified atom stereocenters. The zero-order valence-corrected chi connectivity index (χ0v) is 19.1. The second-order valence-electron chi connectivity index (χ2n) is 6.97. The fraction of sp³-hybridized carbons (Fsp3) is 0.190. The van der Waals surface area contributed by atoms with Crippen LogP contribution in [0.5, 0.6) is 0 Å². The lowest BCUT2D eigenvalue weighted by atomic mass is 10.1. The average molecular weight is 489 g/mol. The lowest BCUT2D eigenvalue weighted by Crippen LogP contribution is -2.40. The van der Waals surface area contributed by atoms with Crippen LogP contribution in [-0.2, 0) is 14.8 Å². The molecule has 7 nitrogen and oxygen atoms in total. The van der Waals surface area contributed by atoms with Gasteiger partial charge in [0.05, 0.1) is 18.6 Å². The van der Waals surface area contributed by atoms with E-state index in [1.54, 1.807) is 24.3 Å². The van der Waals surface area contributed by atoms with Gasteiger partial charge in [-0.25, -0.2) is 27.8 Å². The van der Waals surface area contributed by atoms with Gasteiger partial charge >= 0.3 is 0 Å². The van der Waals surface area contributed by atoms with Crippen LogP contribution in [0.25, 0.3) is 21.3 Å². The van der Waals surface area contributed by atoms with Crippen molar-refractivity contribution in [2.45, 2.75) is 14.9 Å². The summed E-state index contributed by atoms with van der Waals surface area (Å²) in [6, 6.07) is 9.53. The number of sulfonamides is 1. The summed E-state index contributed by atoms with van der Waals surface area (Å²) >= 11 is 2.82. The van der Waals surface area contributed by atoms with Gasteiger partial charge in [-0.1, -0.05) is 12.1 Å². The predicted octanol–water partition coefficient (Wildman–Crippen LogP) is 4.06. The maximum absolute atomic E-state index is 13.4. The van der Waals surface area contributed by atoms with Gasteiger partial charge in [-0.2, -0.15) is 4.31 Å². The summed E-state index contributed by atoms with van der Waals surface area (Å²) in [4.78, 5) is 14.1. The van der Waals surface area contributed by atoms with E-state index in [2.05, 4.69) is 15.0 Å². The quantitative estimate of drug-likeness (QED) is 0.392. The maximum atomic E-state index is 13.4. The number of nitrogens with zero attached hydrogens (tertiary/aromatic N) is 4. The summed E-state index contributed by atoms with van der Waals surface area (Å²) in [6.45, 7) is 1.45. The van der Waals surface area contributed by atoms with Gasteiger partial charge in [-0.15, -0.1) is 11.3 Å². The molecule has 0 radical (unpaired) electrons. The molecule has 0 bridgehead atoms. The van der Waals surface area contributed by atoms with Crippen molar-refractivity contribution in [3.63, 3.8) is 0 Å². The maximum Gasteiger partial charge on any atom is 0.244 e. The molecule has 0 atom stereocenters. The number of ether oxygens (including phenoxy) is 1. The van der Waals surface area contributed by atoms with Crippen LogP contribution in [0.15, 0.2) is 69.2 Å². The molecule has 0 N–H and O–H groups in total. The summed E-state index contributed by atoms with van der Waals surface area (Å²) in [5, 5.41) is 4.15. The van der Waals surface area contributed by atoms with Gasteiger partial charge < -0.3 is 4.74 Å². The van der Waals surface area contributed by atoms with Crippen LogP contribution >= 0.6 is 23.1 Å². The first-order chi connectivity index (χ1) is 15.5. The van der Waals surface area contributed by atoms with Gasteiger partial charge in [0.1, 0.15) is 31.9 Å². The number of aromatic nitrogens is 3. The standard InChI is InChI=1S/C21H17FN4O3S3/c22-15-3-1-14(2-4-15)17-12-30-20-19(17)21(25-13-24-20)31-18-6-5-16(11-23-18)32(27,28)26-7-9-29-10-8-26/h1-6,11-13H,7-10H2. The normalized spacial score (nSPS) is 15.3. The van der Waals surface area contributed by atoms with E-state index in [0.29, 0.717) is 36.4 Å². The summed E-state index contributed by atoms with van der Waals surface area (Å²) < 4.78 is 45.6. The first-order valence-electron chi connectivity index (χ1n) is 9.72. The molecule has 1 saturated heterocycles. The van der Waals surface area contributed by atoms with Crippen molar-refractivity contribution in [3.8, 4) is 11.1 Å². The van der Waals surface area contributed by atoms with Crippen molar-refractivity contribution in [1.29, 1.82) is 0 Å². The van der Waals surface area contributed by atoms with Gasteiger partial charge in [0.15, 0.2) is 0 Å². The molecule has 5 rings (SSSR count).